The standard InChI is InChI=1S/C38H54N8O12/c1-17(2)31(37(57)41-16-27(39)50)46-38(58)32(18(3)4)45-35(55)24(15-28(51)52)44-34(54)23(12-21-10-8-7-9-11-21)43-33(53)20(6)42-36(56)30(40)19(5)29-25(48)13-22(47)14-26(29)49/h7-11,13-14,17-20,23-24,30-32,47-49H,12,15-16,40H2,1-6H3,(H2,39,50)(H,41,57)(H,42,56)(H,43,53)(H,44,54)(H,45,55)(H,46,58)(H,51,52)/t19-,20-,23+,24+,30-,31+,32+/m1/s1. The van der Waals surface area contributed by atoms with E-state index in [0.717, 1.165) is 12.1 Å². The van der Waals surface area contributed by atoms with E-state index in [1.54, 1.807) is 58.0 Å². The van der Waals surface area contributed by atoms with E-state index in [0.29, 0.717) is 5.56 Å². The minimum Gasteiger partial charge on any atom is -0.508 e. The lowest BCUT2D eigenvalue weighted by Gasteiger charge is -2.29. The number of hydrogen-bond donors (Lipinski definition) is 12. The second kappa shape index (κ2) is 21.8. The number of nitrogens with one attached hydrogen (secondary N) is 6. The van der Waals surface area contributed by atoms with Gasteiger partial charge in [-0.2, -0.15) is 0 Å². The van der Waals surface area contributed by atoms with E-state index >= 15 is 0 Å². The number of carboxylic acid groups (broad SMARTS) is 1. The van der Waals surface area contributed by atoms with Crippen molar-refractivity contribution in [3.8, 4) is 17.2 Å². The topological polar surface area (TPSA) is 342 Å². The first kappa shape index (κ1) is 47.7. The third kappa shape index (κ3) is 14.3. The summed E-state index contributed by atoms with van der Waals surface area (Å²) in [5, 5.41) is 54.3. The molecule has 0 aliphatic rings. The Morgan fingerprint density at radius 2 is 1.14 bits per heavy atom. The van der Waals surface area contributed by atoms with Crippen molar-refractivity contribution in [2.75, 3.05) is 6.54 Å². The Kier molecular flexibility index (Phi) is 17.9. The Hall–Kier alpha value is -6.44. The molecule has 0 aliphatic heterocycles. The van der Waals surface area contributed by atoms with Crippen molar-refractivity contribution in [3.05, 3.63) is 53.6 Å². The van der Waals surface area contributed by atoms with Crippen molar-refractivity contribution in [1.29, 1.82) is 0 Å². The van der Waals surface area contributed by atoms with Gasteiger partial charge in [-0.1, -0.05) is 65.0 Å². The van der Waals surface area contributed by atoms with Gasteiger partial charge in [0.15, 0.2) is 0 Å². The van der Waals surface area contributed by atoms with Crippen LogP contribution < -0.4 is 43.4 Å². The van der Waals surface area contributed by atoms with Gasteiger partial charge in [0.05, 0.1) is 19.0 Å². The molecule has 0 heterocycles. The Morgan fingerprint density at radius 1 is 0.638 bits per heavy atom. The van der Waals surface area contributed by atoms with Crippen LogP contribution in [0.25, 0.3) is 0 Å². The smallest absolute Gasteiger partial charge is 0.305 e. The van der Waals surface area contributed by atoms with Gasteiger partial charge in [-0.3, -0.25) is 38.4 Å². The summed E-state index contributed by atoms with van der Waals surface area (Å²) in [7, 11) is 0. The Balaban J connectivity index is 2.28. The first-order chi connectivity index (χ1) is 27.0. The molecule has 0 fully saturated rings. The molecule has 20 heteroatoms. The van der Waals surface area contributed by atoms with E-state index in [1.165, 1.54) is 13.8 Å². The summed E-state index contributed by atoms with van der Waals surface area (Å²) in [6.07, 6.45) is -1.09. The zero-order valence-corrected chi connectivity index (χ0v) is 33.1. The molecule has 0 saturated carbocycles. The number of primary amides is 1. The van der Waals surface area contributed by atoms with Gasteiger partial charge in [-0.25, -0.2) is 0 Å². The highest BCUT2D eigenvalue weighted by Crippen LogP contribution is 2.38. The molecule has 7 atom stereocenters. The van der Waals surface area contributed by atoms with Gasteiger partial charge in [-0.15, -0.1) is 0 Å². The minimum atomic E-state index is -1.77. The van der Waals surface area contributed by atoms with Gasteiger partial charge >= 0.3 is 5.97 Å². The number of rotatable bonds is 21. The molecule has 0 aliphatic carbocycles. The van der Waals surface area contributed by atoms with E-state index in [2.05, 4.69) is 31.9 Å². The lowest BCUT2D eigenvalue weighted by Crippen LogP contribution is -2.61. The second-order valence-electron chi connectivity index (χ2n) is 14.5. The quantitative estimate of drug-likeness (QED) is 0.0670. The molecule has 2 rings (SSSR count). The van der Waals surface area contributed by atoms with Crippen LogP contribution in [0, 0.1) is 11.8 Å². The van der Waals surface area contributed by atoms with Gasteiger partial charge in [0.25, 0.3) is 0 Å². The third-order valence-corrected chi connectivity index (χ3v) is 9.03. The minimum absolute atomic E-state index is 0.123. The predicted molar refractivity (Wildman–Crippen MR) is 207 cm³/mol. The number of aromatic hydroxyl groups is 3. The molecule has 0 bridgehead atoms. The molecular formula is C38H54N8O12. The van der Waals surface area contributed by atoms with Crippen molar-refractivity contribution >= 4 is 47.3 Å². The second-order valence-corrected chi connectivity index (χ2v) is 14.5. The van der Waals surface area contributed by atoms with Crippen LogP contribution in [0.5, 0.6) is 17.2 Å². The summed E-state index contributed by atoms with van der Waals surface area (Å²) in [6, 6.07) is 1.85. The highest BCUT2D eigenvalue weighted by atomic mass is 16.4. The summed E-state index contributed by atoms with van der Waals surface area (Å²) in [5.74, 6) is -11.2. The summed E-state index contributed by atoms with van der Waals surface area (Å²) in [5.41, 5.74) is 11.6. The Morgan fingerprint density at radius 3 is 1.66 bits per heavy atom. The number of carboxylic acids is 1. The van der Waals surface area contributed by atoms with Crippen LogP contribution in [0.1, 0.15) is 65.0 Å². The summed E-state index contributed by atoms with van der Waals surface area (Å²) in [6.45, 7) is 8.65. The van der Waals surface area contributed by atoms with Crippen LogP contribution in [0.4, 0.5) is 0 Å². The Bertz CT molecular complexity index is 1800. The normalized spacial score (nSPS) is 14.7. The maximum atomic E-state index is 13.8. The molecule has 58 heavy (non-hydrogen) atoms. The lowest BCUT2D eigenvalue weighted by molar-refractivity contribution is -0.141. The zero-order valence-electron chi connectivity index (χ0n) is 33.1. The molecular weight excluding hydrogens is 760 g/mol. The fourth-order valence-corrected chi connectivity index (χ4v) is 5.72. The van der Waals surface area contributed by atoms with Crippen LogP contribution in [0.15, 0.2) is 42.5 Å². The van der Waals surface area contributed by atoms with E-state index in [-0.39, 0.29) is 12.0 Å². The lowest BCUT2D eigenvalue weighted by atomic mass is 9.91. The largest absolute Gasteiger partial charge is 0.508 e. The van der Waals surface area contributed by atoms with Gasteiger partial charge < -0.3 is 63.8 Å². The first-order valence-corrected chi connectivity index (χ1v) is 18.4. The maximum absolute atomic E-state index is 13.8. The molecule has 14 N–H and O–H groups in total. The number of carbonyl (C=O) groups excluding carboxylic acids is 7. The van der Waals surface area contributed by atoms with Crippen molar-refractivity contribution in [3.63, 3.8) is 0 Å². The number of hydrogen-bond acceptors (Lipinski definition) is 12. The number of aliphatic carboxylic acids is 1. The number of benzene rings is 2. The fourth-order valence-electron chi connectivity index (χ4n) is 5.72. The molecule has 318 valence electrons. The molecule has 7 amide bonds. The fraction of sp³-hybridized carbons (Fsp3) is 0.474. The SMILES string of the molecule is CC(C)[C@H](NC(=O)[C@H](CC(=O)O)NC(=O)[C@H](Cc1ccccc1)NC(=O)[C@@H](C)NC(=O)[C@H](N)[C@H](C)c1c(O)cc(O)cc1O)C(=O)N[C@H](C(=O)NCC(N)=O)C(C)C. The summed E-state index contributed by atoms with van der Waals surface area (Å²) in [4.78, 5) is 103. The van der Waals surface area contributed by atoms with E-state index in [9.17, 15) is 58.8 Å². The average molecular weight is 815 g/mol. The van der Waals surface area contributed by atoms with E-state index in [1.807, 2.05) is 0 Å². The average Bonchev–Trinajstić information content (AvgIpc) is 3.13. The van der Waals surface area contributed by atoms with Crippen LogP contribution in [0.3, 0.4) is 0 Å². The zero-order chi connectivity index (χ0) is 44.0. The highest BCUT2D eigenvalue weighted by Gasteiger charge is 2.35. The number of phenolic OH excluding ortho intramolecular Hbond substituents is 3. The number of nitrogens with two attached hydrogens (primary N) is 2. The van der Waals surface area contributed by atoms with Crippen molar-refractivity contribution in [2.24, 2.45) is 23.3 Å². The number of amides is 7. The summed E-state index contributed by atoms with van der Waals surface area (Å²) < 4.78 is 0. The number of phenols is 3. The van der Waals surface area contributed by atoms with Crippen molar-refractivity contribution in [1.82, 2.24) is 31.9 Å². The van der Waals surface area contributed by atoms with Crippen LogP contribution in [-0.4, -0.2) is 111 Å². The van der Waals surface area contributed by atoms with Gasteiger partial charge in [0, 0.05) is 30.0 Å². The van der Waals surface area contributed by atoms with Crippen LogP contribution in [0.2, 0.25) is 0 Å². The molecule has 0 radical (unpaired) electrons. The summed E-state index contributed by atoms with van der Waals surface area (Å²) >= 11 is 0. The van der Waals surface area contributed by atoms with Gasteiger partial charge in [0.2, 0.25) is 41.4 Å². The van der Waals surface area contributed by atoms with E-state index in [4.69, 9.17) is 11.5 Å². The van der Waals surface area contributed by atoms with E-state index < -0.39 is 132 Å². The predicted octanol–water partition coefficient (Wildman–Crippen LogP) is -1.69. The first-order valence-electron chi connectivity index (χ1n) is 18.4. The molecule has 0 spiro atoms. The van der Waals surface area contributed by atoms with Gasteiger partial charge in [-0.05, 0) is 24.3 Å². The third-order valence-electron chi connectivity index (χ3n) is 9.03. The molecule has 20 nitrogen and oxygen atoms in total. The number of carbonyl (C=O) groups is 8. The molecule has 2 aromatic rings. The molecule has 0 saturated heterocycles. The van der Waals surface area contributed by atoms with Gasteiger partial charge in [0.1, 0.15) is 47.5 Å². The highest BCUT2D eigenvalue weighted by molar-refractivity contribution is 5.98. The molecule has 0 aromatic heterocycles. The molecule has 0 unspecified atom stereocenters. The van der Waals surface area contributed by atoms with Crippen molar-refractivity contribution < 1.29 is 58.8 Å². The van der Waals surface area contributed by atoms with Crippen LogP contribution in [-0.2, 0) is 44.8 Å². The van der Waals surface area contributed by atoms with Crippen molar-refractivity contribution in [2.45, 2.75) is 96.6 Å². The Labute approximate surface area is 334 Å². The maximum Gasteiger partial charge on any atom is 0.305 e. The monoisotopic (exact) mass is 814 g/mol. The molecule has 2 aromatic carbocycles. The van der Waals surface area contributed by atoms with Crippen LogP contribution >= 0.6 is 0 Å².